The monoisotopic (exact) mass is 408 g/mol. The van der Waals surface area contributed by atoms with E-state index in [-0.39, 0.29) is 5.91 Å². The molecule has 0 N–H and O–H groups in total. The van der Waals surface area contributed by atoms with Gasteiger partial charge in [0.05, 0.1) is 5.75 Å². The molecule has 1 amide bonds. The number of hydrogen-bond acceptors (Lipinski definition) is 4. The predicted octanol–water partition coefficient (Wildman–Crippen LogP) is 3.20. The number of piperazine rings is 1. The number of sulfonamides is 1. The Labute approximate surface area is 166 Å². The van der Waals surface area contributed by atoms with Gasteiger partial charge in [0.15, 0.2) is 0 Å². The summed E-state index contributed by atoms with van der Waals surface area (Å²) in [5.74, 6) is 0.660. The van der Waals surface area contributed by atoms with Gasteiger partial charge in [-0.1, -0.05) is 49.6 Å². The van der Waals surface area contributed by atoms with Gasteiger partial charge in [-0.05, 0) is 24.5 Å². The third-order valence-corrected chi connectivity index (χ3v) is 8.10. The van der Waals surface area contributed by atoms with Crippen LogP contribution in [0.4, 0.5) is 0 Å². The number of amides is 1. The maximum absolute atomic E-state index is 12.5. The van der Waals surface area contributed by atoms with E-state index in [2.05, 4.69) is 0 Å². The van der Waals surface area contributed by atoms with E-state index >= 15 is 0 Å². The van der Waals surface area contributed by atoms with Crippen molar-refractivity contribution in [2.75, 3.05) is 31.9 Å². The first kappa shape index (κ1) is 20.4. The lowest BCUT2D eigenvalue weighted by Gasteiger charge is -2.33. The van der Waals surface area contributed by atoms with Crippen LogP contribution in [0.3, 0.4) is 0 Å². The second-order valence-corrected chi connectivity index (χ2v) is 10.2. The molecule has 1 aromatic carbocycles. The van der Waals surface area contributed by atoms with Gasteiger partial charge in [0.25, 0.3) is 0 Å². The summed E-state index contributed by atoms with van der Waals surface area (Å²) in [7, 11) is -3.45. The fourth-order valence-electron chi connectivity index (χ4n) is 3.52. The Morgan fingerprint density at radius 3 is 2.37 bits per heavy atom. The quantitative estimate of drug-likeness (QED) is 0.725. The molecular weight excluding hydrogens is 380 g/mol. The molecule has 1 aromatic rings. The molecule has 0 atom stereocenters. The number of carbonyl (C=O) groups is 1. The highest BCUT2D eigenvalue weighted by atomic mass is 32.2. The van der Waals surface area contributed by atoms with Crippen molar-refractivity contribution < 1.29 is 13.2 Å². The van der Waals surface area contributed by atoms with Gasteiger partial charge < -0.3 is 4.90 Å². The lowest BCUT2D eigenvalue weighted by molar-refractivity contribution is -0.129. The lowest BCUT2D eigenvalue weighted by atomic mass is 10.0. The summed E-state index contributed by atoms with van der Waals surface area (Å²) in [5, 5.41) is 1.88. The van der Waals surface area contributed by atoms with Crippen molar-refractivity contribution in [1.82, 2.24) is 9.21 Å². The summed E-state index contributed by atoms with van der Waals surface area (Å²) >= 11 is 1.78. The van der Waals surface area contributed by atoms with Gasteiger partial charge >= 0.3 is 0 Å². The van der Waals surface area contributed by atoms with Gasteiger partial charge in [-0.15, -0.1) is 11.8 Å². The highest BCUT2D eigenvalue weighted by Crippen LogP contribution is 2.28. The zero-order chi connectivity index (χ0) is 19.1. The molecule has 3 rings (SSSR count). The minimum atomic E-state index is -3.45. The lowest BCUT2D eigenvalue weighted by Crippen LogP contribution is -2.50. The largest absolute Gasteiger partial charge is 0.339 e. The molecule has 1 aliphatic carbocycles. The van der Waals surface area contributed by atoms with Crippen molar-refractivity contribution in [3.05, 3.63) is 41.3 Å². The highest BCUT2D eigenvalue weighted by Gasteiger charge is 2.27. The first-order valence-corrected chi connectivity index (χ1v) is 12.2. The number of carbonyl (C=O) groups excluding carboxylic acids is 1. The smallest absolute Gasteiger partial charge is 0.236 e. The molecule has 148 valence electrons. The topological polar surface area (TPSA) is 57.7 Å². The van der Waals surface area contributed by atoms with Crippen LogP contribution in [0, 0.1) is 0 Å². The summed E-state index contributed by atoms with van der Waals surface area (Å²) in [4.78, 5) is 14.2. The van der Waals surface area contributed by atoms with Crippen LogP contribution in [0.5, 0.6) is 0 Å². The second-order valence-electron chi connectivity index (χ2n) is 7.11. The first-order valence-electron chi connectivity index (χ1n) is 9.67. The van der Waals surface area contributed by atoms with Crippen LogP contribution < -0.4 is 0 Å². The minimum Gasteiger partial charge on any atom is -0.339 e. The first-order chi connectivity index (χ1) is 13.0. The van der Waals surface area contributed by atoms with E-state index in [1.54, 1.807) is 17.8 Å². The molecule has 2 aliphatic rings. The van der Waals surface area contributed by atoms with E-state index in [0.717, 1.165) is 5.56 Å². The zero-order valence-corrected chi connectivity index (χ0v) is 17.3. The number of rotatable bonds is 6. The Bertz CT molecular complexity index is 736. The molecule has 0 aromatic heterocycles. The van der Waals surface area contributed by atoms with Gasteiger partial charge in [0.1, 0.15) is 0 Å². The van der Waals surface area contributed by atoms with E-state index in [9.17, 15) is 13.2 Å². The molecule has 1 aliphatic heterocycles. The average Bonchev–Trinajstić information content (AvgIpc) is 2.72. The standard InChI is InChI=1S/C20H28N2O3S2/c23-20(17-26-19-9-5-2-6-10-19)21-12-14-22(15-13-21)27(24,25)16-11-18-7-3-1-4-8-18/h1,3-4,7-8,11,16,19H,2,5-6,9-10,12-15,17H2/b16-11+. The maximum atomic E-state index is 12.5. The van der Waals surface area contributed by atoms with Gasteiger partial charge in [-0.2, -0.15) is 4.31 Å². The number of hydrogen-bond donors (Lipinski definition) is 0. The Balaban J connectivity index is 1.46. The van der Waals surface area contributed by atoms with E-state index in [4.69, 9.17) is 0 Å². The van der Waals surface area contributed by atoms with E-state index in [1.807, 2.05) is 35.2 Å². The summed E-state index contributed by atoms with van der Waals surface area (Å²) < 4.78 is 26.5. The highest BCUT2D eigenvalue weighted by molar-refractivity contribution is 8.00. The van der Waals surface area contributed by atoms with Gasteiger partial charge in [-0.3, -0.25) is 4.79 Å². The van der Waals surface area contributed by atoms with E-state index in [0.29, 0.717) is 37.2 Å². The molecule has 1 saturated carbocycles. The van der Waals surface area contributed by atoms with E-state index in [1.165, 1.54) is 41.8 Å². The normalized spacial score (nSPS) is 20.2. The zero-order valence-electron chi connectivity index (χ0n) is 15.6. The van der Waals surface area contributed by atoms with Crippen molar-refractivity contribution in [2.24, 2.45) is 0 Å². The molecule has 2 fully saturated rings. The number of nitrogens with zero attached hydrogens (tertiary/aromatic N) is 2. The molecule has 0 unspecified atom stereocenters. The van der Waals surface area contributed by atoms with Crippen molar-refractivity contribution in [2.45, 2.75) is 37.4 Å². The van der Waals surface area contributed by atoms with Crippen LogP contribution in [0.15, 0.2) is 35.7 Å². The summed E-state index contributed by atoms with van der Waals surface area (Å²) in [6.45, 7) is 1.67. The fourth-order valence-corrected chi connectivity index (χ4v) is 5.92. The number of thioether (sulfide) groups is 1. The summed E-state index contributed by atoms with van der Waals surface area (Å²) in [6.07, 6.45) is 7.93. The minimum absolute atomic E-state index is 0.141. The molecule has 5 nitrogen and oxygen atoms in total. The SMILES string of the molecule is O=C(CSC1CCCCC1)N1CCN(S(=O)(=O)/C=C/c2ccccc2)CC1. The van der Waals surface area contributed by atoms with Crippen molar-refractivity contribution in [1.29, 1.82) is 0 Å². The van der Waals surface area contributed by atoms with Crippen LogP contribution in [0.1, 0.15) is 37.7 Å². The second kappa shape index (κ2) is 9.75. The Hall–Kier alpha value is -1.31. The molecule has 7 heteroatoms. The van der Waals surface area contributed by atoms with Gasteiger partial charge in [0, 0.05) is 36.8 Å². The Kier molecular flexibility index (Phi) is 7.38. The van der Waals surface area contributed by atoms with Crippen LogP contribution in [0.25, 0.3) is 6.08 Å². The van der Waals surface area contributed by atoms with Crippen molar-refractivity contribution >= 4 is 33.8 Å². The summed E-state index contributed by atoms with van der Waals surface area (Å²) in [5.41, 5.74) is 0.856. The van der Waals surface area contributed by atoms with E-state index < -0.39 is 10.0 Å². The molecule has 1 saturated heterocycles. The van der Waals surface area contributed by atoms with Crippen molar-refractivity contribution in [3.8, 4) is 0 Å². The molecular formula is C20H28N2O3S2. The third kappa shape index (κ3) is 6.09. The van der Waals surface area contributed by atoms with Gasteiger partial charge in [0.2, 0.25) is 15.9 Å². The Morgan fingerprint density at radius 1 is 1.04 bits per heavy atom. The fraction of sp³-hybridized carbons (Fsp3) is 0.550. The molecule has 0 bridgehead atoms. The van der Waals surface area contributed by atoms with Crippen LogP contribution in [0.2, 0.25) is 0 Å². The summed E-state index contributed by atoms with van der Waals surface area (Å²) in [6, 6.07) is 9.39. The Morgan fingerprint density at radius 2 is 1.70 bits per heavy atom. The van der Waals surface area contributed by atoms with Crippen molar-refractivity contribution in [3.63, 3.8) is 0 Å². The van der Waals surface area contributed by atoms with Crippen LogP contribution in [-0.2, 0) is 14.8 Å². The molecule has 27 heavy (non-hydrogen) atoms. The molecule has 1 heterocycles. The van der Waals surface area contributed by atoms with Gasteiger partial charge in [-0.25, -0.2) is 8.42 Å². The average molecular weight is 409 g/mol. The predicted molar refractivity (Wildman–Crippen MR) is 112 cm³/mol. The molecule has 0 radical (unpaired) electrons. The maximum Gasteiger partial charge on any atom is 0.236 e. The van der Waals surface area contributed by atoms with Crippen LogP contribution >= 0.6 is 11.8 Å². The third-order valence-electron chi connectivity index (χ3n) is 5.18. The van der Waals surface area contributed by atoms with Crippen LogP contribution in [-0.4, -0.2) is 60.7 Å². The number of benzene rings is 1. The molecule has 0 spiro atoms.